The summed E-state index contributed by atoms with van der Waals surface area (Å²) in [4.78, 5) is 0. The third-order valence-electron chi connectivity index (χ3n) is 3.60. The SMILES string of the molecule is COc1cc(NCc2ccc3c(c2)CCO3)cc(OC)c1. The molecule has 1 aliphatic heterocycles. The lowest BCUT2D eigenvalue weighted by Gasteiger charge is -2.11. The fraction of sp³-hybridized carbons (Fsp3) is 0.294. The van der Waals surface area contributed by atoms with Crippen LogP contribution in [0.2, 0.25) is 0 Å². The van der Waals surface area contributed by atoms with Gasteiger partial charge in [-0.05, 0) is 17.2 Å². The molecule has 1 heterocycles. The Bertz CT molecular complexity index is 618. The minimum Gasteiger partial charge on any atom is -0.497 e. The molecule has 4 heteroatoms. The van der Waals surface area contributed by atoms with Gasteiger partial charge in [-0.3, -0.25) is 0 Å². The van der Waals surface area contributed by atoms with E-state index in [9.17, 15) is 0 Å². The zero-order chi connectivity index (χ0) is 14.7. The van der Waals surface area contributed by atoms with E-state index in [0.717, 1.165) is 42.5 Å². The topological polar surface area (TPSA) is 39.7 Å². The van der Waals surface area contributed by atoms with E-state index in [0.29, 0.717) is 0 Å². The van der Waals surface area contributed by atoms with Crippen LogP contribution in [0.25, 0.3) is 0 Å². The number of hydrogen-bond donors (Lipinski definition) is 1. The monoisotopic (exact) mass is 285 g/mol. The van der Waals surface area contributed by atoms with Crippen LogP contribution in [0.4, 0.5) is 5.69 Å². The van der Waals surface area contributed by atoms with Crippen LogP contribution < -0.4 is 19.5 Å². The van der Waals surface area contributed by atoms with Crippen molar-refractivity contribution >= 4 is 5.69 Å². The van der Waals surface area contributed by atoms with Crippen molar-refractivity contribution in [2.45, 2.75) is 13.0 Å². The second-order valence-electron chi connectivity index (χ2n) is 5.00. The first-order chi connectivity index (χ1) is 10.3. The van der Waals surface area contributed by atoms with Crippen molar-refractivity contribution < 1.29 is 14.2 Å². The molecule has 4 nitrogen and oxygen atoms in total. The normalized spacial score (nSPS) is 12.5. The van der Waals surface area contributed by atoms with E-state index < -0.39 is 0 Å². The van der Waals surface area contributed by atoms with E-state index in [2.05, 4.69) is 17.4 Å². The summed E-state index contributed by atoms with van der Waals surface area (Å²) in [7, 11) is 3.30. The number of ether oxygens (including phenoxy) is 3. The van der Waals surface area contributed by atoms with Crippen LogP contribution in [0.1, 0.15) is 11.1 Å². The summed E-state index contributed by atoms with van der Waals surface area (Å²) in [6.45, 7) is 1.54. The molecule has 0 saturated carbocycles. The standard InChI is InChI=1S/C17H19NO3/c1-19-15-8-14(9-16(10-15)20-2)18-11-12-3-4-17-13(7-12)5-6-21-17/h3-4,7-10,18H,5-6,11H2,1-2H3. The first-order valence-corrected chi connectivity index (χ1v) is 7.00. The number of hydrogen-bond acceptors (Lipinski definition) is 4. The highest BCUT2D eigenvalue weighted by Gasteiger charge is 2.11. The van der Waals surface area contributed by atoms with Crippen LogP contribution in [0.3, 0.4) is 0 Å². The summed E-state index contributed by atoms with van der Waals surface area (Å²) in [6.07, 6.45) is 0.996. The maximum absolute atomic E-state index is 5.52. The van der Waals surface area contributed by atoms with Crippen molar-refractivity contribution in [2.75, 3.05) is 26.1 Å². The molecule has 0 aromatic heterocycles. The Labute approximate surface area is 124 Å². The van der Waals surface area contributed by atoms with Gasteiger partial charge >= 0.3 is 0 Å². The Morgan fingerprint density at radius 2 is 1.81 bits per heavy atom. The highest BCUT2D eigenvalue weighted by atomic mass is 16.5. The first-order valence-electron chi connectivity index (χ1n) is 7.00. The number of anilines is 1. The predicted molar refractivity (Wildman–Crippen MR) is 82.5 cm³/mol. The zero-order valence-corrected chi connectivity index (χ0v) is 12.3. The molecule has 1 aliphatic rings. The highest BCUT2D eigenvalue weighted by Crippen LogP contribution is 2.28. The Kier molecular flexibility index (Phi) is 3.86. The average Bonchev–Trinajstić information content (AvgIpc) is 3.00. The molecule has 0 amide bonds. The van der Waals surface area contributed by atoms with Gasteiger partial charge in [0.15, 0.2) is 0 Å². The summed E-state index contributed by atoms with van der Waals surface area (Å²) in [6, 6.07) is 12.1. The molecule has 1 N–H and O–H groups in total. The summed E-state index contributed by atoms with van der Waals surface area (Å²) in [5, 5.41) is 3.40. The Morgan fingerprint density at radius 3 is 2.52 bits per heavy atom. The van der Waals surface area contributed by atoms with Crippen LogP contribution in [0, 0.1) is 0 Å². The second kappa shape index (κ2) is 5.95. The van der Waals surface area contributed by atoms with Gasteiger partial charge in [-0.1, -0.05) is 12.1 Å². The van der Waals surface area contributed by atoms with E-state index in [1.165, 1.54) is 11.1 Å². The van der Waals surface area contributed by atoms with Crippen molar-refractivity contribution in [2.24, 2.45) is 0 Å². The highest BCUT2D eigenvalue weighted by molar-refractivity contribution is 5.54. The summed E-state index contributed by atoms with van der Waals surface area (Å²) < 4.78 is 16.1. The molecule has 0 spiro atoms. The van der Waals surface area contributed by atoms with Crippen LogP contribution in [0.15, 0.2) is 36.4 Å². The van der Waals surface area contributed by atoms with E-state index in [1.54, 1.807) is 14.2 Å². The molecule has 0 atom stereocenters. The van der Waals surface area contributed by atoms with Gasteiger partial charge in [-0.25, -0.2) is 0 Å². The molecule has 2 aromatic rings. The van der Waals surface area contributed by atoms with Crippen LogP contribution >= 0.6 is 0 Å². The zero-order valence-electron chi connectivity index (χ0n) is 12.3. The van der Waals surface area contributed by atoms with Crippen molar-refractivity contribution in [3.05, 3.63) is 47.5 Å². The number of fused-ring (bicyclic) bond motifs is 1. The fourth-order valence-corrected chi connectivity index (χ4v) is 2.46. The van der Waals surface area contributed by atoms with E-state index in [-0.39, 0.29) is 0 Å². The van der Waals surface area contributed by atoms with Gasteiger partial charge in [0.1, 0.15) is 17.2 Å². The molecule has 0 fully saturated rings. The van der Waals surface area contributed by atoms with Crippen molar-refractivity contribution in [3.63, 3.8) is 0 Å². The fourth-order valence-electron chi connectivity index (χ4n) is 2.46. The quantitative estimate of drug-likeness (QED) is 0.915. The van der Waals surface area contributed by atoms with E-state index in [1.807, 2.05) is 24.3 Å². The lowest BCUT2D eigenvalue weighted by Crippen LogP contribution is -2.00. The van der Waals surface area contributed by atoms with Crippen molar-refractivity contribution in [1.29, 1.82) is 0 Å². The van der Waals surface area contributed by atoms with Crippen LogP contribution in [0.5, 0.6) is 17.2 Å². The molecule has 0 unspecified atom stereocenters. The van der Waals surface area contributed by atoms with Gasteiger partial charge < -0.3 is 19.5 Å². The largest absolute Gasteiger partial charge is 0.497 e. The Balaban J connectivity index is 1.72. The average molecular weight is 285 g/mol. The lowest BCUT2D eigenvalue weighted by molar-refractivity contribution is 0.357. The summed E-state index contributed by atoms with van der Waals surface area (Å²) >= 11 is 0. The van der Waals surface area contributed by atoms with Gasteiger partial charge in [0.2, 0.25) is 0 Å². The molecular weight excluding hydrogens is 266 g/mol. The van der Waals surface area contributed by atoms with Crippen LogP contribution in [-0.4, -0.2) is 20.8 Å². The molecule has 0 radical (unpaired) electrons. The van der Waals surface area contributed by atoms with Gasteiger partial charge in [0.05, 0.1) is 20.8 Å². The Hall–Kier alpha value is -2.36. The first kappa shape index (κ1) is 13.6. The maximum atomic E-state index is 5.52. The van der Waals surface area contributed by atoms with Gasteiger partial charge in [-0.15, -0.1) is 0 Å². The number of rotatable bonds is 5. The van der Waals surface area contributed by atoms with Gasteiger partial charge in [-0.2, -0.15) is 0 Å². The number of methoxy groups -OCH3 is 2. The number of nitrogens with one attached hydrogen (secondary N) is 1. The van der Waals surface area contributed by atoms with Crippen LogP contribution in [-0.2, 0) is 13.0 Å². The van der Waals surface area contributed by atoms with Crippen molar-refractivity contribution in [3.8, 4) is 17.2 Å². The summed E-state index contributed by atoms with van der Waals surface area (Å²) in [5.41, 5.74) is 3.50. The maximum Gasteiger partial charge on any atom is 0.124 e. The van der Waals surface area contributed by atoms with Gasteiger partial charge in [0.25, 0.3) is 0 Å². The molecule has 21 heavy (non-hydrogen) atoms. The lowest BCUT2D eigenvalue weighted by atomic mass is 10.1. The molecule has 0 bridgehead atoms. The molecular formula is C17H19NO3. The van der Waals surface area contributed by atoms with E-state index in [4.69, 9.17) is 14.2 Å². The third-order valence-corrected chi connectivity index (χ3v) is 3.60. The Morgan fingerprint density at radius 1 is 1.05 bits per heavy atom. The molecule has 3 rings (SSSR count). The molecule has 0 saturated heterocycles. The number of benzene rings is 2. The minimum atomic E-state index is 0.754. The smallest absolute Gasteiger partial charge is 0.124 e. The van der Waals surface area contributed by atoms with E-state index >= 15 is 0 Å². The summed E-state index contributed by atoms with van der Waals surface area (Å²) in [5.74, 6) is 2.57. The minimum absolute atomic E-state index is 0.754. The molecule has 110 valence electrons. The third kappa shape index (κ3) is 3.05. The molecule has 0 aliphatic carbocycles. The predicted octanol–water partition coefficient (Wildman–Crippen LogP) is 3.25. The van der Waals surface area contributed by atoms with Crippen molar-refractivity contribution in [1.82, 2.24) is 0 Å². The second-order valence-corrected chi connectivity index (χ2v) is 5.00. The van der Waals surface area contributed by atoms with Gasteiger partial charge in [0, 0.05) is 36.9 Å². The molecule has 2 aromatic carbocycles.